The number of aromatic nitrogens is 1. The van der Waals surface area contributed by atoms with Crippen molar-refractivity contribution in [2.45, 2.75) is 6.04 Å². The molecule has 0 saturated carbocycles. The number of carbonyl (C=O) groups is 1. The van der Waals surface area contributed by atoms with Gasteiger partial charge in [0.25, 0.3) is 11.6 Å². The smallest absolute Gasteiger partial charge is 0.300 e. The van der Waals surface area contributed by atoms with Crippen LogP contribution in [0.25, 0.3) is 0 Å². The first kappa shape index (κ1) is 14.6. The molecule has 2 heterocycles. The Morgan fingerprint density at radius 3 is 3.10 bits per heavy atom. The Kier molecular flexibility index (Phi) is 4.48. The van der Waals surface area contributed by atoms with Crippen LogP contribution < -0.4 is 0 Å². The van der Waals surface area contributed by atoms with Gasteiger partial charge in [0.2, 0.25) is 0 Å². The summed E-state index contributed by atoms with van der Waals surface area (Å²) in [6.07, 6.45) is 0.948. The molecular weight excluding hydrogens is 290 g/mol. The number of aliphatic hydroxyl groups is 1. The molecule has 108 valence electrons. The summed E-state index contributed by atoms with van der Waals surface area (Å²) in [6, 6.07) is 0.633. The minimum absolute atomic E-state index is 0.00671. The number of ether oxygens (including phenoxy) is 1. The van der Waals surface area contributed by atoms with E-state index in [1.54, 1.807) is 0 Å². The number of pyridine rings is 1. The van der Waals surface area contributed by atoms with Crippen molar-refractivity contribution in [3.05, 3.63) is 33.1 Å². The monoisotopic (exact) mass is 301 g/mol. The molecule has 9 heteroatoms. The maximum atomic E-state index is 12.4. The van der Waals surface area contributed by atoms with Crippen molar-refractivity contribution >= 4 is 23.2 Å². The number of amides is 1. The molecule has 1 fully saturated rings. The lowest BCUT2D eigenvalue weighted by atomic mass is 10.1. The Balaban J connectivity index is 2.36. The van der Waals surface area contributed by atoms with E-state index in [2.05, 4.69) is 4.98 Å². The molecule has 1 saturated heterocycles. The van der Waals surface area contributed by atoms with Crippen LogP contribution in [0.2, 0.25) is 5.15 Å². The van der Waals surface area contributed by atoms with E-state index < -0.39 is 22.6 Å². The summed E-state index contributed by atoms with van der Waals surface area (Å²) in [5.74, 6) is -0.566. The third kappa shape index (κ3) is 2.87. The van der Waals surface area contributed by atoms with E-state index in [0.29, 0.717) is 6.61 Å². The van der Waals surface area contributed by atoms with Crippen LogP contribution in [-0.4, -0.2) is 58.2 Å². The molecule has 2 rings (SSSR count). The number of aliphatic hydroxyl groups excluding tert-OH is 1. The molecule has 1 aliphatic heterocycles. The largest absolute Gasteiger partial charge is 0.394 e. The van der Waals surface area contributed by atoms with E-state index >= 15 is 0 Å². The van der Waals surface area contributed by atoms with Gasteiger partial charge in [-0.1, -0.05) is 11.6 Å². The van der Waals surface area contributed by atoms with Crippen molar-refractivity contribution in [3.63, 3.8) is 0 Å². The Bertz CT molecular complexity index is 539. The van der Waals surface area contributed by atoms with Gasteiger partial charge in [0.1, 0.15) is 16.9 Å². The summed E-state index contributed by atoms with van der Waals surface area (Å²) in [5, 5.41) is 20.2. The first-order valence-electron chi connectivity index (χ1n) is 5.84. The van der Waals surface area contributed by atoms with Crippen LogP contribution in [0.1, 0.15) is 10.4 Å². The van der Waals surface area contributed by atoms with Crippen molar-refractivity contribution in [2.24, 2.45) is 0 Å². The van der Waals surface area contributed by atoms with E-state index in [9.17, 15) is 20.0 Å². The van der Waals surface area contributed by atoms with E-state index in [4.69, 9.17) is 16.3 Å². The zero-order chi connectivity index (χ0) is 14.7. The fraction of sp³-hybridized carbons (Fsp3) is 0.455. The van der Waals surface area contributed by atoms with Gasteiger partial charge in [-0.3, -0.25) is 14.9 Å². The van der Waals surface area contributed by atoms with Crippen molar-refractivity contribution in [3.8, 4) is 0 Å². The second-order valence-electron chi connectivity index (χ2n) is 4.19. The molecular formula is C11H12ClN3O5. The lowest BCUT2D eigenvalue weighted by Gasteiger charge is -2.34. The topological polar surface area (TPSA) is 106 Å². The molecule has 1 aromatic rings. The van der Waals surface area contributed by atoms with Gasteiger partial charge in [0, 0.05) is 6.54 Å². The minimum Gasteiger partial charge on any atom is -0.394 e. The zero-order valence-electron chi connectivity index (χ0n) is 10.4. The van der Waals surface area contributed by atoms with E-state index in [1.165, 1.54) is 4.90 Å². The number of halogens is 1. The Morgan fingerprint density at radius 2 is 2.45 bits per heavy atom. The maximum absolute atomic E-state index is 12.4. The van der Waals surface area contributed by atoms with Gasteiger partial charge >= 0.3 is 0 Å². The number of carbonyl (C=O) groups excluding carboxylic acids is 1. The van der Waals surface area contributed by atoms with Crippen molar-refractivity contribution in [1.29, 1.82) is 0 Å². The van der Waals surface area contributed by atoms with Crippen molar-refractivity contribution < 1.29 is 19.6 Å². The molecule has 0 spiro atoms. The quantitative estimate of drug-likeness (QED) is 0.494. The van der Waals surface area contributed by atoms with Crippen LogP contribution >= 0.6 is 11.6 Å². The van der Waals surface area contributed by atoms with E-state index in [1.807, 2.05) is 0 Å². The highest BCUT2D eigenvalue weighted by Crippen LogP contribution is 2.23. The molecule has 1 aliphatic rings. The molecule has 0 bridgehead atoms. The Morgan fingerprint density at radius 1 is 1.70 bits per heavy atom. The summed E-state index contributed by atoms with van der Waals surface area (Å²) in [5.41, 5.74) is -0.557. The molecule has 1 atom stereocenters. The predicted octanol–water partition coefficient (Wildman–Crippen LogP) is 0.477. The van der Waals surface area contributed by atoms with Crippen LogP contribution in [0.15, 0.2) is 12.3 Å². The van der Waals surface area contributed by atoms with E-state index in [-0.39, 0.29) is 30.5 Å². The van der Waals surface area contributed by atoms with Crippen LogP contribution in [0.4, 0.5) is 5.69 Å². The average molecular weight is 302 g/mol. The first-order valence-corrected chi connectivity index (χ1v) is 6.22. The summed E-state index contributed by atoms with van der Waals surface area (Å²) in [4.78, 5) is 27.6. The van der Waals surface area contributed by atoms with Gasteiger partial charge in [-0.05, 0) is 6.07 Å². The Hall–Kier alpha value is -1.77. The lowest BCUT2D eigenvalue weighted by molar-refractivity contribution is -0.385. The summed E-state index contributed by atoms with van der Waals surface area (Å²) in [6.45, 7) is 0.475. The number of nitro groups is 1. The number of morpholine rings is 1. The maximum Gasteiger partial charge on any atom is 0.300 e. The van der Waals surface area contributed by atoms with Gasteiger partial charge in [-0.2, -0.15) is 0 Å². The zero-order valence-corrected chi connectivity index (χ0v) is 11.1. The molecule has 0 aromatic carbocycles. The molecule has 20 heavy (non-hydrogen) atoms. The molecule has 0 radical (unpaired) electrons. The molecule has 8 nitrogen and oxygen atoms in total. The van der Waals surface area contributed by atoms with Crippen LogP contribution in [-0.2, 0) is 4.74 Å². The summed E-state index contributed by atoms with van der Waals surface area (Å²) >= 11 is 5.70. The number of nitrogens with zero attached hydrogens (tertiary/aromatic N) is 3. The van der Waals surface area contributed by atoms with Crippen LogP contribution in [0.5, 0.6) is 0 Å². The Labute approximate surface area is 119 Å². The number of rotatable bonds is 3. The standard InChI is InChI=1S/C11H12ClN3O5/c12-10-3-8(9(4-13-10)15(18)19)11(17)14-1-2-20-6-7(14)5-16/h3-4,7,16H,1-2,5-6H2. The molecule has 1 N–H and O–H groups in total. The normalized spacial score (nSPS) is 18.9. The van der Waals surface area contributed by atoms with Crippen LogP contribution in [0, 0.1) is 10.1 Å². The second kappa shape index (κ2) is 6.12. The molecule has 1 unspecified atom stereocenters. The van der Waals surface area contributed by atoms with E-state index in [0.717, 1.165) is 12.3 Å². The highest BCUT2D eigenvalue weighted by atomic mass is 35.5. The SMILES string of the molecule is O=C(c1cc(Cl)ncc1[N+](=O)[O-])N1CCOCC1CO. The van der Waals surface area contributed by atoms with Crippen molar-refractivity contribution in [1.82, 2.24) is 9.88 Å². The molecule has 1 aromatic heterocycles. The highest BCUT2D eigenvalue weighted by Gasteiger charge is 2.31. The fourth-order valence-electron chi connectivity index (χ4n) is 1.97. The first-order chi connectivity index (χ1) is 9.54. The second-order valence-corrected chi connectivity index (χ2v) is 4.58. The number of hydrogen-bond acceptors (Lipinski definition) is 6. The third-order valence-electron chi connectivity index (χ3n) is 2.98. The number of hydrogen-bond donors (Lipinski definition) is 1. The predicted molar refractivity (Wildman–Crippen MR) is 68.6 cm³/mol. The van der Waals surface area contributed by atoms with Gasteiger partial charge in [0.05, 0.1) is 30.8 Å². The minimum atomic E-state index is -0.690. The third-order valence-corrected chi connectivity index (χ3v) is 3.18. The van der Waals surface area contributed by atoms with Gasteiger partial charge in [-0.15, -0.1) is 0 Å². The van der Waals surface area contributed by atoms with Gasteiger partial charge in [-0.25, -0.2) is 4.98 Å². The summed E-state index contributed by atoms with van der Waals surface area (Å²) in [7, 11) is 0. The van der Waals surface area contributed by atoms with Gasteiger partial charge < -0.3 is 14.7 Å². The van der Waals surface area contributed by atoms with Gasteiger partial charge in [0.15, 0.2) is 0 Å². The molecule has 0 aliphatic carbocycles. The fourth-order valence-corrected chi connectivity index (χ4v) is 2.13. The van der Waals surface area contributed by atoms with Crippen LogP contribution in [0.3, 0.4) is 0 Å². The average Bonchev–Trinajstić information content (AvgIpc) is 2.46. The summed E-state index contributed by atoms with van der Waals surface area (Å²) < 4.78 is 5.16. The van der Waals surface area contributed by atoms with Crippen molar-refractivity contribution in [2.75, 3.05) is 26.4 Å². The lowest BCUT2D eigenvalue weighted by Crippen LogP contribution is -2.50. The molecule has 1 amide bonds. The highest BCUT2D eigenvalue weighted by molar-refractivity contribution is 6.29.